The lowest BCUT2D eigenvalue weighted by Crippen LogP contribution is -2.13. The third-order valence-electron chi connectivity index (χ3n) is 3.85. The van der Waals surface area contributed by atoms with Gasteiger partial charge in [-0.2, -0.15) is 4.98 Å². The highest BCUT2D eigenvalue weighted by Gasteiger charge is 2.16. The highest BCUT2D eigenvalue weighted by Crippen LogP contribution is 2.22. The number of hydrogen-bond acceptors (Lipinski definition) is 8. The van der Waals surface area contributed by atoms with Crippen molar-refractivity contribution in [2.75, 3.05) is 5.32 Å². The number of carbonyl (C=O) groups excluding carboxylic acids is 1. The minimum Gasteiger partial charge on any atom is -0.339 e. The SMILES string of the molecule is Cc1nnsc1C(=O)Nc1ccccc1Cc1nc(-c2cccnc2)no1. The lowest BCUT2D eigenvalue weighted by Gasteiger charge is -2.08. The fraction of sp³-hybridized carbons (Fsp3) is 0.111. The van der Waals surface area contributed by atoms with Crippen LogP contribution in [-0.2, 0) is 6.42 Å². The van der Waals surface area contributed by atoms with E-state index in [1.54, 1.807) is 19.3 Å². The van der Waals surface area contributed by atoms with Crippen molar-refractivity contribution in [3.63, 3.8) is 0 Å². The van der Waals surface area contributed by atoms with Crippen LogP contribution in [-0.4, -0.2) is 30.6 Å². The lowest BCUT2D eigenvalue weighted by molar-refractivity contribution is 0.102. The maximum absolute atomic E-state index is 12.5. The van der Waals surface area contributed by atoms with Crippen molar-refractivity contribution in [2.45, 2.75) is 13.3 Å². The van der Waals surface area contributed by atoms with Gasteiger partial charge in [-0.3, -0.25) is 9.78 Å². The smallest absolute Gasteiger partial charge is 0.269 e. The molecule has 4 rings (SSSR count). The number of aryl methyl sites for hydroxylation is 1. The van der Waals surface area contributed by atoms with E-state index in [0.717, 1.165) is 22.7 Å². The maximum Gasteiger partial charge on any atom is 0.269 e. The minimum absolute atomic E-state index is 0.239. The van der Waals surface area contributed by atoms with Crippen LogP contribution in [0.1, 0.15) is 26.8 Å². The van der Waals surface area contributed by atoms with Crippen molar-refractivity contribution in [3.05, 3.63) is 70.8 Å². The monoisotopic (exact) mass is 378 g/mol. The number of rotatable bonds is 5. The molecular weight excluding hydrogens is 364 g/mol. The van der Waals surface area contributed by atoms with Crippen LogP contribution in [0.15, 0.2) is 53.3 Å². The van der Waals surface area contributed by atoms with Crippen LogP contribution in [0.2, 0.25) is 0 Å². The van der Waals surface area contributed by atoms with Gasteiger partial charge in [0.1, 0.15) is 4.88 Å². The zero-order valence-electron chi connectivity index (χ0n) is 14.3. The number of aromatic nitrogens is 5. The van der Waals surface area contributed by atoms with E-state index in [1.165, 1.54) is 0 Å². The number of hydrogen-bond donors (Lipinski definition) is 1. The maximum atomic E-state index is 12.5. The number of nitrogens with one attached hydrogen (secondary N) is 1. The second-order valence-electron chi connectivity index (χ2n) is 5.73. The van der Waals surface area contributed by atoms with E-state index >= 15 is 0 Å². The average molecular weight is 378 g/mol. The Hall–Kier alpha value is -3.46. The molecule has 0 radical (unpaired) electrons. The molecule has 0 bridgehead atoms. The van der Waals surface area contributed by atoms with E-state index < -0.39 is 0 Å². The summed E-state index contributed by atoms with van der Waals surface area (Å²) in [6, 6.07) is 11.2. The summed E-state index contributed by atoms with van der Waals surface area (Å²) in [5.74, 6) is 0.689. The summed E-state index contributed by atoms with van der Waals surface area (Å²) in [5.41, 5.74) is 2.93. The van der Waals surface area contributed by atoms with Crippen LogP contribution >= 0.6 is 11.5 Å². The number of carbonyl (C=O) groups is 1. The molecule has 3 heterocycles. The van der Waals surface area contributed by atoms with Crippen LogP contribution in [0, 0.1) is 6.92 Å². The first-order valence-corrected chi connectivity index (χ1v) is 8.89. The molecule has 27 heavy (non-hydrogen) atoms. The second kappa shape index (κ2) is 7.42. The Kier molecular flexibility index (Phi) is 4.67. The third-order valence-corrected chi connectivity index (χ3v) is 4.68. The Morgan fingerprint density at radius 1 is 1.22 bits per heavy atom. The van der Waals surface area contributed by atoms with E-state index in [1.807, 2.05) is 36.4 Å². The molecule has 0 unspecified atom stereocenters. The van der Waals surface area contributed by atoms with Gasteiger partial charge in [-0.15, -0.1) is 5.10 Å². The van der Waals surface area contributed by atoms with E-state index in [4.69, 9.17) is 4.52 Å². The fourth-order valence-electron chi connectivity index (χ4n) is 2.52. The van der Waals surface area contributed by atoms with Gasteiger partial charge in [0.15, 0.2) is 0 Å². The molecule has 134 valence electrons. The number of para-hydroxylation sites is 1. The quantitative estimate of drug-likeness (QED) is 0.568. The molecule has 1 aromatic carbocycles. The first kappa shape index (κ1) is 17.0. The fourth-order valence-corrected chi connectivity index (χ4v) is 3.07. The van der Waals surface area contributed by atoms with Crippen molar-refractivity contribution in [1.82, 2.24) is 24.7 Å². The summed E-state index contributed by atoms with van der Waals surface area (Å²) in [6.07, 6.45) is 3.75. The van der Waals surface area contributed by atoms with E-state index in [9.17, 15) is 4.79 Å². The van der Waals surface area contributed by atoms with Crippen molar-refractivity contribution in [2.24, 2.45) is 0 Å². The van der Waals surface area contributed by atoms with Gasteiger partial charge in [-0.25, -0.2) is 0 Å². The summed E-state index contributed by atoms with van der Waals surface area (Å²) in [6.45, 7) is 1.75. The summed E-state index contributed by atoms with van der Waals surface area (Å²) in [4.78, 5) is 21.4. The first-order valence-electron chi connectivity index (χ1n) is 8.12. The molecule has 9 heteroatoms. The number of nitrogens with zero attached hydrogens (tertiary/aromatic N) is 5. The molecule has 4 aromatic rings. The Labute approximate surface area is 158 Å². The normalized spacial score (nSPS) is 10.7. The Bertz CT molecular complexity index is 1080. The molecular formula is C18H14N6O2S. The molecule has 8 nitrogen and oxygen atoms in total. The summed E-state index contributed by atoms with van der Waals surface area (Å²) in [5, 5.41) is 10.8. The van der Waals surface area contributed by atoms with Crippen LogP contribution < -0.4 is 5.32 Å². The molecule has 0 aliphatic heterocycles. The molecule has 3 aromatic heterocycles. The van der Waals surface area contributed by atoms with Gasteiger partial charge in [0, 0.05) is 23.6 Å². The minimum atomic E-state index is -0.239. The van der Waals surface area contributed by atoms with Crippen molar-refractivity contribution in [3.8, 4) is 11.4 Å². The Morgan fingerprint density at radius 2 is 2.11 bits per heavy atom. The summed E-state index contributed by atoms with van der Waals surface area (Å²) >= 11 is 1.07. The van der Waals surface area contributed by atoms with E-state index in [0.29, 0.717) is 34.4 Å². The highest BCUT2D eigenvalue weighted by molar-refractivity contribution is 7.08. The lowest BCUT2D eigenvalue weighted by atomic mass is 10.1. The van der Waals surface area contributed by atoms with Gasteiger partial charge in [0.05, 0.1) is 12.1 Å². The van der Waals surface area contributed by atoms with Gasteiger partial charge >= 0.3 is 0 Å². The zero-order chi connectivity index (χ0) is 18.6. The van der Waals surface area contributed by atoms with Crippen molar-refractivity contribution in [1.29, 1.82) is 0 Å². The molecule has 0 aliphatic carbocycles. The van der Waals surface area contributed by atoms with Gasteiger partial charge in [-0.05, 0) is 42.2 Å². The van der Waals surface area contributed by atoms with Gasteiger partial charge in [0.25, 0.3) is 5.91 Å². The molecule has 0 saturated carbocycles. The second-order valence-corrected chi connectivity index (χ2v) is 6.48. The Morgan fingerprint density at radius 3 is 2.89 bits per heavy atom. The molecule has 0 spiro atoms. The topological polar surface area (TPSA) is 107 Å². The van der Waals surface area contributed by atoms with E-state index in [-0.39, 0.29) is 5.91 Å². The first-order chi connectivity index (χ1) is 13.2. The zero-order valence-corrected chi connectivity index (χ0v) is 15.1. The van der Waals surface area contributed by atoms with Gasteiger partial charge in [-0.1, -0.05) is 27.8 Å². The van der Waals surface area contributed by atoms with Crippen molar-refractivity contribution < 1.29 is 9.32 Å². The predicted molar refractivity (Wildman–Crippen MR) is 99.4 cm³/mol. The third kappa shape index (κ3) is 3.72. The number of pyridine rings is 1. The molecule has 0 aliphatic rings. The largest absolute Gasteiger partial charge is 0.339 e. The molecule has 1 amide bonds. The highest BCUT2D eigenvalue weighted by atomic mass is 32.1. The number of benzene rings is 1. The van der Waals surface area contributed by atoms with Gasteiger partial charge in [0.2, 0.25) is 11.7 Å². The van der Waals surface area contributed by atoms with Gasteiger partial charge < -0.3 is 9.84 Å². The Balaban J connectivity index is 1.54. The standard InChI is InChI=1S/C18H14N6O2S/c1-11-16(27-24-22-11)18(25)20-14-7-3-2-5-12(14)9-15-21-17(23-26-15)13-6-4-8-19-10-13/h2-8,10H,9H2,1H3,(H,20,25). The summed E-state index contributed by atoms with van der Waals surface area (Å²) in [7, 11) is 0. The number of amides is 1. The molecule has 0 fully saturated rings. The molecule has 0 atom stereocenters. The van der Waals surface area contributed by atoms with Crippen LogP contribution in [0.5, 0.6) is 0 Å². The molecule has 1 N–H and O–H groups in total. The predicted octanol–water partition coefficient (Wildman–Crippen LogP) is 3.13. The summed E-state index contributed by atoms with van der Waals surface area (Å²) < 4.78 is 9.15. The van der Waals surface area contributed by atoms with E-state index in [2.05, 4.69) is 30.0 Å². The van der Waals surface area contributed by atoms with Crippen LogP contribution in [0.25, 0.3) is 11.4 Å². The number of anilines is 1. The molecule has 0 saturated heterocycles. The van der Waals surface area contributed by atoms with Crippen LogP contribution in [0.3, 0.4) is 0 Å². The van der Waals surface area contributed by atoms with Crippen LogP contribution in [0.4, 0.5) is 5.69 Å². The average Bonchev–Trinajstić information content (AvgIpc) is 3.33. The van der Waals surface area contributed by atoms with Crippen molar-refractivity contribution >= 4 is 23.1 Å².